The average molecular weight is 438 g/mol. The van der Waals surface area contributed by atoms with Crippen LogP contribution in [0, 0.1) is 0 Å². The van der Waals surface area contributed by atoms with Gasteiger partial charge in [0.1, 0.15) is 25.1 Å². The molecule has 0 saturated heterocycles. The number of aliphatic hydroxyl groups excluding tert-OH is 2. The lowest BCUT2D eigenvalue weighted by Crippen LogP contribution is -2.45. The highest BCUT2D eigenvalue weighted by Crippen LogP contribution is 2.19. The van der Waals surface area contributed by atoms with Gasteiger partial charge in [-0.15, -0.1) is 0 Å². The molecule has 0 aliphatic carbocycles. The molecule has 0 spiro atoms. The molecule has 4 aromatic rings. The molecule has 2 N–H and O–H groups in total. The zero-order valence-electron chi connectivity index (χ0n) is 18.1. The second-order valence-electron chi connectivity index (χ2n) is 7.41. The highest BCUT2D eigenvalue weighted by atomic mass is 16.6. The summed E-state index contributed by atoms with van der Waals surface area (Å²) in [5.74, 6) is 1.38. The van der Waals surface area contributed by atoms with E-state index in [9.17, 15) is 10.2 Å². The number of hydrogen-bond donors (Lipinski definition) is 2. The molecule has 0 fully saturated rings. The van der Waals surface area contributed by atoms with E-state index in [4.69, 9.17) is 14.0 Å². The summed E-state index contributed by atoms with van der Waals surface area (Å²) in [7, 11) is 0. The van der Waals surface area contributed by atoms with Crippen molar-refractivity contribution < 1.29 is 24.3 Å². The fraction of sp³-hybridized carbons (Fsp3) is 0.0769. The molecule has 5 nitrogen and oxygen atoms in total. The van der Waals surface area contributed by atoms with Crippen molar-refractivity contribution in [1.82, 2.24) is 0 Å². The lowest BCUT2D eigenvalue weighted by Gasteiger charge is -2.15. The minimum Gasteiger partial charge on any atom is -0.457 e. The van der Waals surface area contributed by atoms with Gasteiger partial charge < -0.3 is 24.3 Å². The van der Waals surface area contributed by atoms with Crippen LogP contribution in [0.25, 0.3) is 0 Å². The predicted molar refractivity (Wildman–Crippen MR) is 132 cm³/mol. The maximum absolute atomic E-state index is 9.31. The van der Waals surface area contributed by atoms with E-state index in [1.165, 1.54) is 0 Å². The number of rotatable bonds is 10. The SMILES string of the molecule is OCOB(c1ccccc1)c1ccc(Oc2ccc(B(OCO)c3ccccc3)cc2)cc1. The minimum atomic E-state index is -0.367. The largest absolute Gasteiger partial charge is 0.457 e. The Labute approximate surface area is 194 Å². The molecule has 0 bridgehead atoms. The Morgan fingerprint density at radius 3 is 1.12 bits per heavy atom. The van der Waals surface area contributed by atoms with Crippen LogP contribution in [0.2, 0.25) is 0 Å². The second kappa shape index (κ2) is 11.5. The summed E-state index contributed by atoms with van der Waals surface area (Å²) >= 11 is 0. The molecule has 0 atom stereocenters. The molecule has 4 rings (SSSR count). The summed E-state index contributed by atoms with van der Waals surface area (Å²) in [6.45, 7) is -1.45. The van der Waals surface area contributed by atoms with E-state index in [-0.39, 0.29) is 27.4 Å². The van der Waals surface area contributed by atoms with Gasteiger partial charge in [0.25, 0.3) is 0 Å². The maximum Gasteiger partial charge on any atom is 0.363 e. The minimum absolute atomic E-state index is 0.356. The Morgan fingerprint density at radius 1 is 0.455 bits per heavy atom. The summed E-state index contributed by atoms with van der Waals surface area (Å²) in [5, 5.41) is 18.6. The first-order chi connectivity index (χ1) is 16.3. The van der Waals surface area contributed by atoms with E-state index >= 15 is 0 Å². The van der Waals surface area contributed by atoms with E-state index in [0.717, 1.165) is 21.9 Å². The first kappa shape index (κ1) is 22.8. The molecule has 0 unspecified atom stereocenters. The Bertz CT molecular complexity index is 1020. The van der Waals surface area contributed by atoms with Gasteiger partial charge in [-0.3, -0.25) is 0 Å². The van der Waals surface area contributed by atoms with Crippen molar-refractivity contribution in [3.05, 3.63) is 109 Å². The topological polar surface area (TPSA) is 68.2 Å². The van der Waals surface area contributed by atoms with Gasteiger partial charge in [0.05, 0.1) is 0 Å². The summed E-state index contributed by atoms with van der Waals surface area (Å²) in [6.07, 6.45) is 0. The van der Waals surface area contributed by atoms with Gasteiger partial charge >= 0.3 is 13.8 Å². The zero-order chi connectivity index (χ0) is 22.9. The highest BCUT2D eigenvalue weighted by molar-refractivity contribution is 6.80. The first-order valence-electron chi connectivity index (χ1n) is 10.7. The van der Waals surface area contributed by atoms with Crippen LogP contribution in [0.15, 0.2) is 109 Å². The fourth-order valence-electron chi connectivity index (χ4n) is 3.73. The molecule has 0 saturated carbocycles. The number of benzene rings is 4. The van der Waals surface area contributed by atoms with E-state index in [1.54, 1.807) is 0 Å². The lowest BCUT2D eigenvalue weighted by molar-refractivity contribution is 0.101. The Balaban J connectivity index is 1.47. The van der Waals surface area contributed by atoms with Crippen LogP contribution in [-0.2, 0) is 9.31 Å². The van der Waals surface area contributed by atoms with Gasteiger partial charge in [-0.05, 0) is 46.1 Å². The highest BCUT2D eigenvalue weighted by Gasteiger charge is 2.22. The Hall–Kier alpha value is -3.35. The molecule has 0 aliphatic heterocycles. The first-order valence-corrected chi connectivity index (χ1v) is 10.7. The van der Waals surface area contributed by atoms with Crippen molar-refractivity contribution >= 4 is 35.7 Å². The van der Waals surface area contributed by atoms with E-state index < -0.39 is 0 Å². The van der Waals surface area contributed by atoms with Crippen LogP contribution < -0.4 is 26.6 Å². The van der Waals surface area contributed by atoms with E-state index in [1.807, 2.05) is 109 Å². The summed E-state index contributed by atoms with van der Waals surface area (Å²) in [4.78, 5) is 0. The lowest BCUT2D eigenvalue weighted by atomic mass is 9.55. The predicted octanol–water partition coefficient (Wildman–Crippen LogP) is 1.62. The van der Waals surface area contributed by atoms with Gasteiger partial charge in [-0.25, -0.2) is 0 Å². The molecular weight excluding hydrogens is 414 g/mol. The Kier molecular flexibility index (Phi) is 7.95. The van der Waals surface area contributed by atoms with Crippen molar-refractivity contribution in [2.24, 2.45) is 0 Å². The van der Waals surface area contributed by atoms with Crippen LogP contribution in [0.1, 0.15) is 0 Å². The Morgan fingerprint density at radius 2 is 0.788 bits per heavy atom. The van der Waals surface area contributed by atoms with Gasteiger partial charge in [-0.2, -0.15) is 0 Å². The quantitative estimate of drug-likeness (QED) is 0.291. The molecule has 0 amide bonds. The van der Waals surface area contributed by atoms with Crippen molar-refractivity contribution in [2.45, 2.75) is 0 Å². The van der Waals surface area contributed by atoms with Crippen molar-refractivity contribution in [2.75, 3.05) is 13.6 Å². The number of hydrogen-bond acceptors (Lipinski definition) is 5. The molecule has 0 aromatic heterocycles. The monoisotopic (exact) mass is 438 g/mol. The van der Waals surface area contributed by atoms with Crippen LogP contribution in [0.4, 0.5) is 0 Å². The number of ether oxygens (including phenoxy) is 1. The van der Waals surface area contributed by atoms with Crippen LogP contribution >= 0.6 is 0 Å². The van der Waals surface area contributed by atoms with E-state index in [2.05, 4.69) is 0 Å². The van der Waals surface area contributed by atoms with Crippen LogP contribution in [0.3, 0.4) is 0 Å². The average Bonchev–Trinajstić information content (AvgIpc) is 2.88. The summed E-state index contributed by atoms with van der Waals surface area (Å²) < 4.78 is 17.1. The van der Waals surface area contributed by atoms with Crippen molar-refractivity contribution in [3.8, 4) is 11.5 Å². The van der Waals surface area contributed by atoms with Crippen LogP contribution in [0.5, 0.6) is 11.5 Å². The van der Waals surface area contributed by atoms with Gasteiger partial charge in [0, 0.05) is 0 Å². The molecule has 0 radical (unpaired) electrons. The normalized spacial score (nSPS) is 10.6. The third-order valence-corrected chi connectivity index (χ3v) is 5.29. The molecule has 0 heterocycles. The number of aliphatic hydroxyl groups is 2. The fourth-order valence-corrected chi connectivity index (χ4v) is 3.73. The van der Waals surface area contributed by atoms with Crippen LogP contribution in [-0.4, -0.2) is 37.6 Å². The molecule has 33 heavy (non-hydrogen) atoms. The second-order valence-corrected chi connectivity index (χ2v) is 7.41. The zero-order valence-corrected chi connectivity index (χ0v) is 18.1. The summed E-state index contributed by atoms with van der Waals surface area (Å²) in [6, 6.07) is 34.7. The standard InChI is InChI=1S/C26H24B2O5/c29-19-31-27(21-7-3-1-4-8-21)23-11-15-25(16-12-23)33-26-17-13-24(14-18-26)28(32-20-30)22-9-5-2-6-10-22/h1-18,29-30H,19-20H2. The molecule has 164 valence electrons. The smallest absolute Gasteiger partial charge is 0.363 e. The van der Waals surface area contributed by atoms with E-state index in [0.29, 0.717) is 11.5 Å². The summed E-state index contributed by atoms with van der Waals surface area (Å²) in [5.41, 5.74) is 3.78. The third kappa shape index (κ3) is 5.92. The molecule has 4 aromatic carbocycles. The maximum atomic E-state index is 9.31. The molecular formula is C26H24B2O5. The van der Waals surface area contributed by atoms with Gasteiger partial charge in [-0.1, -0.05) is 84.9 Å². The third-order valence-electron chi connectivity index (χ3n) is 5.29. The van der Waals surface area contributed by atoms with Crippen molar-refractivity contribution in [1.29, 1.82) is 0 Å². The molecule has 7 heteroatoms. The van der Waals surface area contributed by atoms with Gasteiger partial charge in [0.2, 0.25) is 0 Å². The molecule has 0 aliphatic rings. The van der Waals surface area contributed by atoms with Crippen molar-refractivity contribution in [3.63, 3.8) is 0 Å². The van der Waals surface area contributed by atoms with Gasteiger partial charge in [0.15, 0.2) is 0 Å².